The average molecular weight is 574 g/mol. The summed E-state index contributed by atoms with van der Waals surface area (Å²) in [6.45, 7) is 3.40. The van der Waals surface area contributed by atoms with E-state index in [-0.39, 0.29) is 12.6 Å². The minimum Gasteiger partial charge on any atom is -0.494 e. The Morgan fingerprint density at radius 1 is 0.814 bits per heavy atom. The van der Waals surface area contributed by atoms with Gasteiger partial charge in [-0.3, -0.25) is 0 Å². The van der Waals surface area contributed by atoms with Gasteiger partial charge in [-0.1, -0.05) is 98.3 Å². The topological polar surface area (TPSA) is 76.8 Å². The summed E-state index contributed by atoms with van der Waals surface area (Å²) in [6, 6.07) is 36.3. The summed E-state index contributed by atoms with van der Waals surface area (Å²) >= 11 is 0. The first-order valence-electron chi connectivity index (χ1n) is 15.1. The van der Waals surface area contributed by atoms with Crippen molar-refractivity contribution in [3.05, 3.63) is 137 Å². The standard InChI is InChI=1S/C37H39N3O3/c1-2-3-22-43-33-19-11-16-31(24-33)26-39-34(21-20-28-12-6-4-7-13-28)36(41)35(32-17-8-5-9-18-32)40(37(39)42)27-30-15-10-14-29(23-30)25-38/h4-19,23-24,34-36,41H,2-3,20-22,26-27H2,1H3/t34-,35?,36-/m1/s1. The van der Waals surface area contributed by atoms with Crippen molar-refractivity contribution in [3.63, 3.8) is 0 Å². The summed E-state index contributed by atoms with van der Waals surface area (Å²) in [6.07, 6.45) is 2.54. The van der Waals surface area contributed by atoms with Crippen molar-refractivity contribution >= 4 is 6.03 Å². The van der Waals surface area contributed by atoms with Crippen LogP contribution < -0.4 is 4.74 Å². The third-order valence-corrected chi connectivity index (χ3v) is 8.08. The second-order valence-corrected chi connectivity index (χ2v) is 11.1. The molecule has 1 saturated heterocycles. The number of urea groups is 1. The van der Waals surface area contributed by atoms with Crippen LogP contribution in [-0.4, -0.2) is 39.7 Å². The molecular formula is C37H39N3O3. The molecule has 1 unspecified atom stereocenters. The van der Waals surface area contributed by atoms with Crippen LogP contribution in [0.5, 0.6) is 5.75 Å². The molecule has 220 valence electrons. The van der Waals surface area contributed by atoms with E-state index in [1.54, 1.807) is 11.0 Å². The summed E-state index contributed by atoms with van der Waals surface area (Å²) in [5.41, 5.74) is 4.38. The molecule has 6 nitrogen and oxygen atoms in total. The van der Waals surface area contributed by atoms with Gasteiger partial charge in [-0.2, -0.15) is 5.26 Å². The van der Waals surface area contributed by atoms with Gasteiger partial charge >= 0.3 is 6.03 Å². The van der Waals surface area contributed by atoms with Crippen LogP contribution in [0.25, 0.3) is 0 Å². The Hall–Kier alpha value is -4.60. The van der Waals surface area contributed by atoms with Crippen LogP contribution in [0.2, 0.25) is 0 Å². The van der Waals surface area contributed by atoms with Crippen molar-refractivity contribution in [1.82, 2.24) is 9.80 Å². The molecule has 0 aliphatic carbocycles. The van der Waals surface area contributed by atoms with Gasteiger partial charge in [-0.15, -0.1) is 0 Å². The van der Waals surface area contributed by atoms with Crippen LogP contribution in [0.4, 0.5) is 4.79 Å². The normalized spacial score (nSPS) is 18.3. The zero-order chi connectivity index (χ0) is 30.0. The quantitative estimate of drug-likeness (QED) is 0.181. The summed E-state index contributed by atoms with van der Waals surface area (Å²) in [5, 5.41) is 21.6. The Labute approximate surface area is 254 Å². The van der Waals surface area contributed by atoms with Crippen molar-refractivity contribution in [3.8, 4) is 11.8 Å². The van der Waals surface area contributed by atoms with Crippen LogP contribution in [0.1, 0.15) is 60.0 Å². The minimum atomic E-state index is -0.841. The van der Waals surface area contributed by atoms with Gasteiger partial charge in [-0.05, 0) is 65.8 Å². The van der Waals surface area contributed by atoms with E-state index in [0.29, 0.717) is 25.1 Å². The monoisotopic (exact) mass is 573 g/mol. The number of aliphatic hydroxyl groups is 1. The lowest BCUT2D eigenvalue weighted by atomic mass is 9.87. The molecule has 1 aliphatic rings. The molecule has 0 radical (unpaired) electrons. The first kappa shape index (κ1) is 29.9. The van der Waals surface area contributed by atoms with E-state index in [4.69, 9.17) is 4.74 Å². The van der Waals surface area contributed by atoms with Gasteiger partial charge in [0.2, 0.25) is 0 Å². The van der Waals surface area contributed by atoms with E-state index in [1.807, 2.05) is 95.9 Å². The molecule has 0 spiro atoms. The van der Waals surface area contributed by atoms with Crippen LogP contribution in [-0.2, 0) is 19.5 Å². The largest absolute Gasteiger partial charge is 0.494 e. The lowest BCUT2D eigenvalue weighted by molar-refractivity contribution is -0.0470. The van der Waals surface area contributed by atoms with Gasteiger partial charge in [0.1, 0.15) is 5.75 Å². The molecule has 4 aromatic carbocycles. The van der Waals surface area contributed by atoms with Gasteiger partial charge in [-0.25, -0.2) is 4.79 Å². The zero-order valence-electron chi connectivity index (χ0n) is 24.7. The smallest absolute Gasteiger partial charge is 0.321 e. The average Bonchev–Trinajstić information content (AvgIpc) is 3.04. The summed E-state index contributed by atoms with van der Waals surface area (Å²) in [5.74, 6) is 0.782. The maximum absolute atomic E-state index is 14.6. The van der Waals surface area contributed by atoms with Crippen LogP contribution >= 0.6 is 0 Å². The minimum absolute atomic E-state index is 0.142. The van der Waals surface area contributed by atoms with Crippen molar-refractivity contribution in [1.29, 1.82) is 5.26 Å². The molecule has 1 heterocycles. The highest BCUT2D eigenvalue weighted by Gasteiger charge is 2.46. The number of nitrogens with zero attached hydrogens (tertiary/aromatic N) is 3. The number of hydrogen-bond acceptors (Lipinski definition) is 4. The molecular weight excluding hydrogens is 534 g/mol. The first-order valence-corrected chi connectivity index (χ1v) is 15.1. The number of carbonyl (C=O) groups is 1. The van der Waals surface area contributed by atoms with E-state index in [0.717, 1.165) is 41.7 Å². The van der Waals surface area contributed by atoms with E-state index in [2.05, 4.69) is 25.1 Å². The number of benzene rings is 4. The van der Waals surface area contributed by atoms with E-state index in [9.17, 15) is 15.2 Å². The molecule has 1 fully saturated rings. The molecule has 3 atom stereocenters. The van der Waals surface area contributed by atoms with Gasteiger partial charge < -0.3 is 19.6 Å². The van der Waals surface area contributed by atoms with Crippen molar-refractivity contribution in [2.45, 2.75) is 63.9 Å². The van der Waals surface area contributed by atoms with Gasteiger partial charge in [0.15, 0.2) is 0 Å². The number of carbonyl (C=O) groups excluding carboxylic acids is 1. The molecule has 1 aliphatic heterocycles. The third kappa shape index (κ3) is 7.43. The molecule has 0 aromatic heterocycles. The maximum atomic E-state index is 14.6. The Balaban J connectivity index is 1.51. The summed E-state index contributed by atoms with van der Waals surface area (Å²) < 4.78 is 5.96. The van der Waals surface area contributed by atoms with Gasteiger partial charge in [0.05, 0.1) is 36.4 Å². The Kier molecular flexibility index (Phi) is 10.1. The first-order chi connectivity index (χ1) is 21.1. The molecule has 5 rings (SSSR count). The second kappa shape index (κ2) is 14.5. The summed E-state index contributed by atoms with van der Waals surface area (Å²) in [7, 11) is 0. The molecule has 0 saturated carbocycles. The molecule has 4 aromatic rings. The summed E-state index contributed by atoms with van der Waals surface area (Å²) in [4.78, 5) is 18.2. The second-order valence-electron chi connectivity index (χ2n) is 11.1. The molecule has 0 bridgehead atoms. The Bertz CT molecular complexity index is 1520. The van der Waals surface area contributed by atoms with Crippen molar-refractivity contribution in [2.24, 2.45) is 0 Å². The number of rotatable bonds is 12. The Morgan fingerprint density at radius 3 is 2.19 bits per heavy atom. The molecule has 1 N–H and O–H groups in total. The van der Waals surface area contributed by atoms with Gasteiger partial charge in [0.25, 0.3) is 0 Å². The fourth-order valence-electron chi connectivity index (χ4n) is 5.87. The predicted octanol–water partition coefficient (Wildman–Crippen LogP) is 7.28. The lowest BCUT2D eigenvalue weighted by Crippen LogP contribution is -2.61. The number of aliphatic hydroxyl groups excluding tert-OH is 1. The van der Waals surface area contributed by atoms with E-state index in [1.165, 1.54) is 5.56 Å². The van der Waals surface area contributed by atoms with Crippen LogP contribution in [0, 0.1) is 11.3 Å². The van der Waals surface area contributed by atoms with Crippen LogP contribution in [0.3, 0.4) is 0 Å². The highest BCUT2D eigenvalue weighted by molar-refractivity contribution is 5.77. The van der Waals surface area contributed by atoms with E-state index < -0.39 is 18.2 Å². The number of ether oxygens (including phenoxy) is 1. The number of aryl methyl sites for hydroxylation is 1. The lowest BCUT2D eigenvalue weighted by Gasteiger charge is -2.49. The van der Waals surface area contributed by atoms with Crippen LogP contribution in [0.15, 0.2) is 109 Å². The Morgan fingerprint density at radius 2 is 1.47 bits per heavy atom. The van der Waals surface area contributed by atoms with Crippen molar-refractivity contribution < 1.29 is 14.6 Å². The fourth-order valence-corrected chi connectivity index (χ4v) is 5.87. The number of unbranched alkanes of at least 4 members (excludes halogenated alkanes) is 1. The number of nitriles is 1. The number of hydrogen-bond donors (Lipinski definition) is 1. The molecule has 2 amide bonds. The van der Waals surface area contributed by atoms with Gasteiger partial charge in [0, 0.05) is 13.1 Å². The molecule has 6 heteroatoms. The van der Waals surface area contributed by atoms with E-state index >= 15 is 0 Å². The third-order valence-electron chi connectivity index (χ3n) is 8.08. The zero-order valence-corrected chi connectivity index (χ0v) is 24.7. The highest BCUT2D eigenvalue weighted by atomic mass is 16.5. The highest BCUT2D eigenvalue weighted by Crippen LogP contribution is 2.37. The maximum Gasteiger partial charge on any atom is 0.321 e. The molecule has 43 heavy (non-hydrogen) atoms. The predicted molar refractivity (Wildman–Crippen MR) is 168 cm³/mol. The SMILES string of the molecule is CCCCOc1cccc(CN2C(=O)N(Cc3cccc(C#N)c3)C(c3ccccc3)[C@H](O)[C@H]2CCc2ccccc2)c1. The number of amides is 2. The fraction of sp³-hybridized carbons (Fsp3) is 0.297. The van der Waals surface area contributed by atoms with Crippen molar-refractivity contribution in [2.75, 3.05) is 6.61 Å².